The van der Waals surface area contributed by atoms with Gasteiger partial charge in [-0.05, 0) is 30.3 Å². The summed E-state index contributed by atoms with van der Waals surface area (Å²) in [6.45, 7) is 0. The molecule has 0 bridgehead atoms. The third-order valence-electron chi connectivity index (χ3n) is 3.94. The highest BCUT2D eigenvalue weighted by molar-refractivity contribution is 6.06. The molecule has 4 aromatic rings. The second kappa shape index (κ2) is 6.53. The maximum Gasteiger partial charge on any atom is 0.255 e. The quantitative estimate of drug-likeness (QED) is 0.601. The summed E-state index contributed by atoms with van der Waals surface area (Å²) in [7, 11) is 0. The molecule has 3 aromatic carbocycles. The van der Waals surface area contributed by atoms with Crippen molar-refractivity contribution >= 4 is 22.5 Å². The number of amides is 1. The van der Waals surface area contributed by atoms with E-state index in [2.05, 4.69) is 15.3 Å². The summed E-state index contributed by atoms with van der Waals surface area (Å²) < 4.78 is 0. The predicted octanol–water partition coefficient (Wildman–Crippen LogP) is 4.55. The first-order valence-electron chi connectivity index (χ1n) is 7.99. The van der Waals surface area contributed by atoms with Crippen molar-refractivity contribution in [2.24, 2.45) is 0 Å². The lowest BCUT2D eigenvalue weighted by molar-refractivity contribution is 0.102. The lowest BCUT2D eigenvalue weighted by atomic mass is 10.1. The zero-order valence-electron chi connectivity index (χ0n) is 13.4. The number of para-hydroxylation sites is 2. The van der Waals surface area contributed by atoms with Gasteiger partial charge in [0.25, 0.3) is 5.91 Å². The molecular formula is C21H15N3O. The fourth-order valence-electron chi connectivity index (χ4n) is 2.67. The third-order valence-corrected chi connectivity index (χ3v) is 3.94. The Balaban J connectivity index is 1.72. The topological polar surface area (TPSA) is 54.9 Å². The molecule has 0 saturated heterocycles. The summed E-state index contributed by atoms with van der Waals surface area (Å²) >= 11 is 0. The molecule has 1 heterocycles. The molecule has 4 nitrogen and oxygen atoms in total. The highest BCUT2D eigenvalue weighted by Gasteiger charge is 2.12. The van der Waals surface area contributed by atoms with Crippen LogP contribution in [0.15, 0.2) is 85.1 Å². The molecule has 1 amide bonds. The van der Waals surface area contributed by atoms with E-state index in [1.165, 1.54) is 0 Å². The Labute approximate surface area is 145 Å². The van der Waals surface area contributed by atoms with Crippen molar-refractivity contribution < 1.29 is 4.79 Å². The van der Waals surface area contributed by atoms with E-state index in [9.17, 15) is 4.79 Å². The SMILES string of the molecule is O=C(Nc1ccccc1-c1ncc2ccccc2n1)c1ccccc1. The molecule has 0 radical (unpaired) electrons. The standard InChI is InChI=1S/C21H15N3O/c25-21(15-8-2-1-3-9-15)24-19-13-7-5-11-17(19)20-22-14-16-10-4-6-12-18(16)23-20/h1-14H,(H,24,25). The third kappa shape index (κ3) is 3.10. The normalized spacial score (nSPS) is 10.6. The molecule has 0 saturated carbocycles. The van der Waals surface area contributed by atoms with Gasteiger partial charge < -0.3 is 5.32 Å². The number of benzene rings is 3. The Kier molecular flexibility index (Phi) is 3.92. The first-order chi connectivity index (χ1) is 12.3. The lowest BCUT2D eigenvalue weighted by Crippen LogP contribution is -2.12. The average molecular weight is 325 g/mol. The van der Waals surface area contributed by atoms with Crippen LogP contribution < -0.4 is 5.32 Å². The van der Waals surface area contributed by atoms with Crippen molar-refractivity contribution in [3.8, 4) is 11.4 Å². The molecule has 25 heavy (non-hydrogen) atoms. The first kappa shape index (κ1) is 15.0. The van der Waals surface area contributed by atoms with E-state index in [0.29, 0.717) is 17.1 Å². The number of carbonyl (C=O) groups excluding carboxylic acids is 1. The molecule has 0 fully saturated rings. The van der Waals surface area contributed by atoms with Crippen molar-refractivity contribution in [2.45, 2.75) is 0 Å². The molecule has 0 spiro atoms. The van der Waals surface area contributed by atoms with Crippen LogP contribution in [0.4, 0.5) is 5.69 Å². The highest BCUT2D eigenvalue weighted by Crippen LogP contribution is 2.26. The molecular weight excluding hydrogens is 310 g/mol. The van der Waals surface area contributed by atoms with Gasteiger partial charge in [0, 0.05) is 22.7 Å². The Morgan fingerprint density at radius 2 is 1.52 bits per heavy atom. The van der Waals surface area contributed by atoms with Gasteiger partial charge in [-0.2, -0.15) is 0 Å². The Morgan fingerprint density at radius 3 is 2.40 bits per heavy atom. The maximum atomic E-state index is 12.5. The van der Waals surface area contributed by atoms with Gasteiger partial charge in [0.05, 0.1) is 11.2 Å². The van der Waals surface area contributed by atoms with Gasteiger partial charge in [0.2, 0.25) is 0 Å². The average Bonchev–Trinajstić information content (AvgIpc) is 2.69. The molecule has 1 aromatic heterocycles. The van der Waals surface area contributed by atoms with Gasteiger partial charge in [0.1, 0.15) is 0 Å². The zero-order valence-corrected chi connectivity index (χ0v) is 13.4. The Morgan fingerprint density at radius 1 is 0.800 bits per heavy atom. The van der Waals surface area contributed by atoms with Gasteiger partial charge in [-0.15, -0.1) is 0 Å². The number of carbonyl (C=O) groups is 1. The van der Waals surface area contributed by atoms with Crippen LogP contribution in [-0.2, 0) is 0 Å². The van der Waals surface area contributed by atoms with E-state index in [4.69, 9.17) is 0 Å². The fourth-order valence-corrected chi connectivity index (χ4v) is 2.67. The molecule has 4 heteroatoms. The van der Waals surface area contributed by atoms with Crippen LogP contribution in [0.25, 0.3) is 22.3 Å². The first-order valence-corrected chi connectivity index (χ1v) is 7.99. The van der Waals surface area contributed by atoms with E-state index in [-0.39, 0.29) is 5.91 Å². The zero-order chi connectivity index (χ0) is 17.1. The number of nitrogens with one attached hydrogen (secondary N) is 1. The summed E-state index contributed by atoms with van der Waals surface area (Å²) in [6, 6.07) is 24.5. The summed E-state index contributed by atoms with van der Waals surface area (Å²) in [5.41, 5.74) is 2.96. The molecule has 0 aliphatic rings. The number of anilines is 1. The van der Waals surface area contributed by atoms with Crippen LogP contribution in [-0.4, -0.2) is 15.9 Å². The van der Waals surface area contributed by atoms with Crippen LogP contribution in [0, 0.1) is 0 Å². The van der Waals surface area contributed by atoms with E-state index < -0.39 is 0 Å². The Hall–Kier alpha value is -3.53. The predicted molar refractivity (Wildman–Crippen MR) is 99.4 cm³/mol. The van der Waals surface area contributed by atoms with Crippen molar-refractivity contribution in [3.05, 3.63) is 90.6 Å². The number of rotatable bonds is 3. The minimum absolute atomic E-state index is 0.158. The van der Waals surface area contributed by atoms with E-state index in [0.717, 1.165) is 16.5 Å². The molecule has 4 rings (SSSR count). The largest absolute Gasteiger partial charge is 0.321 e. The molecule has 1 N–H and O–H groups in total. The minimum Gasteiger partial charge on any atom is -0.321 e. The fraction of sp³-hybridized carbons (Fsp3) is 0. The minimum atomic E-state index is -0.158. The van der Waals surface area contributed by atoms with Crippen LogP contribution in [0.1, 0.15) is 10.4 Å². The van der Waals surface area contributed by atoms with Gasteiger partial charge in [0.15, 0.2) is 5.82 Å². The van der Waals surface area contributed by atoms with Gasteiger partial charge in [-0.3, -0.25) is 4.79 Å². The van der Waals surface area contributed by atoms with Crippen LogP contribution in [0.3, 0.4) is 0 Å². The smallest absolute Gasteiger partial charge is 0.255 e. The van der Waals surface area contributed by atoms with Crippen molar-refractivity contribution in [1.82, 2.24) is 9.97 Å². The molecule has 0 unspecified atom stereocenters. The van der Waals surface area contributed by atoms with Crippen molar-refractivity contribution in [3.63, 3.8) is 0 Å². The van der Waals surface area contributed by atoms with Crippen LogP contribution in [0.5, 0.6) is 0 Å². The van der Waals surface area contributed by atoms with Gasteiger partial charge >= 0.3 is 0 Å². The van der Waals surface area contributed by atoms with Crippen LogP contribution >= 0.6 is 0 Å². The lowest BCUT2D eigenvalue weighted by Gasteiger charge is -2.10. The molecule has 0 aliphatic carbocycles. The second-order valence-electron chi connectivity index (χ2n) is 5.62. The summed E-state index contributed by atoms with van der Waals surface area (Å²) in [5.74, 6) is 0.427. The molecule has 120 valence electrons. The maximum absolute atomic E-state index is 12.5. The molecule has 0 atom stereocenters. The Bertz CT molecular complexity index is 1040. The number of nitrogens with zero attached hydrogens (tertiary/aromatic N) is 2. The number of fused-ring (bicyclic) bond motifs is 1. The van der Waals surface area contributed by atoms with Crippen LogP contribution in [0.2, 0.25) is 0 Å². The summed E-state index contributed by atoms with van der Waals surface area (Å²) in [6.07, 6.45) is 1.80. The van der Waals surface area contributed by atoms with E-state index in [1.54, 1.807) is 18.3 Å². The van der Waals surface area contributed by atoms with Gasteiger partial charge in [-0.1, -0.05) is 48.5 Å². The number of aromatic nitrogens is 2. The second-order valence-corrected chi connectivity index (χ2v) is 5.62. The van der Waals surface area contributed by atoms with Crippen molar-refractivity contribution in [1.29, 1.82) is 0 Å². The monoisotopic (exact) mass is 325 g/mol. The van der Waals surface area contributed by atoms with E-state index >= 15 is 0 Å². The number of hydrogen-bond acceptors (Lipinski definition) is 3. The number of hydrogen-bond donors (Lipinski definition) is 1. The highest BCUT2D eigenvalue weighted by atomic mass is 16.1. The van der Waals surface area contributed by atoms with Gasteiger partial charge in [-0.25, -0.2) is 9.97 Å². The summed E-state index contributed by atoms with van der Waals surface area (Å²) in [5, 5.41) is 3.94. The summed E-state index contributed by atoms with van der Waals surface area (Å²) in [4.78, 5) is 21.5. The van der Waals surface area contributed by atoms with Crippen molar-refractivity contribution in [2.75, 3.05) is 5.32 Å². The van der Waals surface area contributed by atoms with E-state index in [1.807, 2.05) is 66.7 Å². The molecule has 0 aliphatic heterocycles.